The van der Waals surface area contributed by atoms with Crippen LogP contribution in [-0.2, 0) is 27.0 Å². The molecule has 0 radical (unpaired) electrons. The molecule has 2 aliphatic carbocycles. The van der Waals surface area contributed by atoms with Gasteiger partial charge in [-0.05, 0) is 54.9 Å². The molecule has 5 nitrogen and oxygen atoms in total. The number of rotatable bonds is 5. The number of halogens is 4. The third-order valence-electron chi connectivity index (χ3n) is 7.40. The number of carbonyl (C=O) groups excluding carboxylic acids is 3. The third-order valence-corrected chi connectivity index (χ3v) is 7.73. The molecule has 1 N–H and O–H groups in total. The highest BCUT2D eigenvalue weighted by atomic mass is 35.5. The maximum Gasteiger partial charge on any atom is 0.416 e. The van der Waals surface area contributed by atoms with Gasteiger partial charge in [0.25, 0.3) is 0 Å². The van der Waals surface area contributed by atoms with E-state index in [0.29, 0.717) is 0 Å². The van der Waals surface area contributed by atoms with Crippen LogP contribution in [0, 0.1) is 23.7 Å². The van der Waals surface area contributed by atoms with Crippen LogP contribution in [-0.4, -0.2) is 28.7 Å². The number of imide groups is 1. The van der Waals surface area contributed by atoms with Gasteiger partial charge in [0.15, 0.2) is 0 Å². The van der Waals surface area contributed by atoms with Gasteiger partial charge in [-0.15, -0.1) is 0 Å². The first-order valence-corrected chi connectivity index (χ1v) is 11.6. The van der Waals surface area contributed by atoms with Crippen LogP contribution >= 0.6 is 11.6 Å². The van der Waals surface area contributed by atoms with Crippen molar-refractivity contribution >= 4 is 35.0 Å². The monoisotopic (exact) mass is 490 g/mol. The van der Waals surface area contributed by atoms with Crippen LogP contribution < -0.4 is 5.32 Å². The van der Waals surface area contributed by atoms with Crippen LogP contribution in [0.15, 0.2) is 48.5 Å². The smallest absolute Gasteiger partial charge is 0.323 e. The summed E-state index contributed by atoms with van der Waals surface area (Å²) in [6.07, 6.45) is -1.92. The molecule has 3 fully saturated rings. The molecule has 5 rings (SSSR count). The van der Waals surface area contributed by atoms with Crippen LogP contribution in [0.3, 0.4) is 0 Å². The van der Waals surface area contributed by atoms with Crippen molar-refractivity contribution in [1.29, 1.82) is 0 Å². The van der Waals surface area contributed by atoms with Crippen molar-refractivity contribution in [2.24, 2.45) is 23.7 Å². The minimum Gasteiger partial charge on any atom is -0.323 e. The summed E-state index contributed by atoms with van der Waals surface area (Å²) in [6.45, 7) is 0. The number of fused-ring (bicyclic) bond motifs is 5. The maximum absolute atomic E-state index is 13.4. The van der Waals surface area contributed by atoms with Gasteiger partial charge < -0.3 is 5.32 Å². The Balaban J connectivity index is 1.47. The number of benzene rings is 2. The zero-order chi connectivity index (χ0) is 24.2. The predicted octanol–water partition coefficient (Wildman–Crippen LogP) is 4.94. The number of nitrogens with zero attached hydrogens (tertiary/aromatic N) is 1. The normalized spacial score (nSPS) is 26.6. The summed E-state index contributed by atoms with van der Waals surface area (Å²) in [6, 6.07) is 10.3. The fourth-order valence-corrected chi connectivity index (χ4v) is 6.06. The second kappa shape index (κ2) is 8.41. The van der Waals surface area contributed by atoms with Gasteiger partial charge >= 0.3 is 6.18 Å². The van der Waals surface area contributed by atoms with Crippen LogP contribution in [0.1, 0.15) is 30.4 Å². The lowest BCUT2D eigenvalue weighted by molar-refractivity contribution is -0.147. The first kappa shape index (κ1) is 22.9. The number of hydrogen-bond acceptors (Lipinski definition) is 3. The summed E-state index contributed by atoms with van der Waals surface area (Å²) in [5.74, 6) is -1.98. The first-order chi connectivity index (χ1) is 16.1. The maximum atomic E-state index is 13.4. The lowest BCUT2D eigenvalue weighted by atomic mass is 9.81. The molecular weight excluding hydrogens is 469 g/mol. The van der Waals surface area contributed by atoms with E-state index in [0.717, 1.165) is 47.9 Å². The van der Waals surface area contributed by atoms with Crippen molar-refractivity contribution in [3.63, 3.8) is 0 Å². The minimum atomic E-state index is -4.62. The second-order valence-electron chi connectivity index (χ2n) is 9.32. The number of hydrogen-bond donors (Lipinski definition) is 1. The van der Waals surface area contributed by atoms with E-state index in [2.05, 4.69) is 5.32 Å². The molecule has 1 saturated heterocycles. The average molecular weight is 491 g/mol. The van der Waals surface area contributed by atoms with Gasteiger partial charge in [-0.3, -0.25) is 19.3 Å². The number of alkyl halides is 3. The molecule has 5 atom stereocenters. The predicted molar refractivity (Wildman–Crippen MR) is 119 cm³/mol. The van der Waals surface area contributed by atoms with Crippen molar-refractivity contribution in [1.82, 2.24) is 4.90 Å². The molecule has 2 saturated carbocycles. The Morgan fingerprint density at radius 1 is 1.03 bits per heavy atom. The molecule has 1 aliphatic heterocycles. The van der Waals surface area contributed by atoms with Crippen molar-refractivity contribution in [2.75, 3.05) is 5.32 Å². The van der Waals surface area contributed by atoms with E-state index in [-0.39, 0.29) is 40.8 Å². The summed E-state index contributed by atoms with van der Waals surface area (Å²) in [7, 11) is 0. The summed E-state index contributed by atoms with van der Waals surface area (Å²) >= 11 is 6.07. The van der Waals surface area contributed by atoms with Crippen LogP contribution in [0.25, 0.3) is 0 Å². The lowest BCUT2D eigenvalue weighted by Crippen LogP contribution is -2.49. The molecule has 34 heavy (non-hydrogen) atoms. The van der Waals surface area contributed by atoms with Crippen molar-refractivity contribution in [3.05, 3.63) is 64.7 Å². The fraction of sp³-hybridized carbons (Fsp3) is 0.400. The molecule has 0 spiro atoms. The zero-order valence-electron chi connectivity index (χ0n) is 18.0. The number of anilines is 1. The van der Waals surface area contributed by atoms with Crippen LogP contribution in [0.4, 0.5) is 18.9 Å². The highest BCUT2D eigenvalue weighted by molar-refractivity contribution is 6.33. The Kier molecular flexibility index (Phi) is 5.67. The van der Waals surface area contributed by atoms with Crippen molar-refractivity contribution in [3.8, 4) is 0 Å². The van der Waals surface area contributed by atoms with Gasteiger partial charge in [0.1, 0.15) is 6.04 Å². The van der Waals surface area contributed by atoms with Crippen molar-refractivity contribution < 1.29 is 27.6 Å². The van der Waals surface area contributed by atoms with Gasteiger partial charge in [-0.2, -0.15) is 13.2 Å². The minimum absolute atomic E-state index is 0.0511. The zero-order valence-corrected chi connectivity index (χ0v) is 18.8. The standard InChI is InChI=1S/C25H22ClF3N2O3/c26-17-9-8-16(25(27,28)29)12-18(17)30-22(32)19(10-13-4-2-1-3-5-13)31-23(33)20-14-6-7-15(11-14)21(20)24(31)34/h1-5,8-9,12,14-15,19-21H,6-7,10-11H2,(H,30,32)/t14-,15+,19-,20-,21+/m1/s1. The van der Waals surface area contributed by atoms with Crippen LogP contribution in [0.2, 0.25) is 5.02 Å². The Hall–Kier alpha value is -2.87. The van der Waals surface area contributed by atoms with E-state index in [4.69, 9.17) is 11.6 Å². The van der Waals surface area contributed by atoms with Crippen molar-refractivity contribution in [2.45, 2.75) is 37.9 Å². The molecule has 2 aromatic rings. The summed E-state index contributed by atoms with van der Waals surface area (Å²) in [4.78, 5) is 41.2. The Morgan fingerprint density at radius 2 is 1.65 bits per heavy atom. The fourth-order valence-electron chi connectivity index (χ4n) is 5.89. The molecular formula is C25H22ClF3N2O3. The molecule has 2 bridgehead atoms. The Bertz CT molecular complexity index is 1130. The lowest BCUT2D eigenvalue weighted by Gasteiger charge is -2.27. The van der Waals surface area contributed by atoms with E-state index in [1.165, 1.54) is 0 Å². The molecule has 2 aromatic carbocycles. The van der Waals surface area contributed by atoms with E-state index >= 15 is 0 Å². The van der Waals surface area contributed by atoms with E-state index in [9.17, 15) is 27.6 Å². The van der Waals surface area contributed by atoms with E-state index in [1.807, 2.05) is 0 Å². The van der Waals surface area contributed by atoms with Gasteiger partial charge in [0.05, 0.1) is 28.1 Å². The molecule has 3 aliphatic rings. The Morgan fingerprint density at radius 3 is 2.24 bits per heavy atom. The Labute approximate surface area is 199 Å². The van der Waals surface area contributed by atoms with E-state index in [1.54, 1.807) is 30.3 Å². The molecule has 0 aromatic heterocycles. The molecule has 3 amide bonds. The van der Waals surface area contributed by atoms with Crippen LogP contribution in [0.5, 0.6) is 0 Å². The number of likely N-dealkylation sites (tertiary alicyclic amines) is 1. The quantitative estimate of drug-likeness (QED) is 0.604. The number of carbonyl (C=O) groups is 3. The molecule has 9 heteroatoms. The van der Waals surface area contributed by atoms with Gasteiger partial charge in [-0.1, -0.05) is 41.9 Å². The molecule has 178 valence electrons. The average Bonchev–Trinajstić information content (AvgIpc) is 3.47. The SMILES string of the molecule is O=C(Nc1cc(C(F)(F)F)ccc1Cl)[C@@H](Cc1ccccc1)N1C(=O)[C@@H]2[C@@H]3CC[C@@H](C3)[C@@H]2C1=O. The highest BCUT2D eigenvalue weighted by Gasteiger charge is 2.62. The van der Waals surface area contributed by atoms with E-state index < -0.39 is 35.5 Å². The summed E-state index contributed by atoms with van der Waals surface area (Å²) in [5.41, 5.74) is -0.469. The summed E-state index contributed by atoms with van der Waals surface area (Å²) in [5, 5.41) is 2.37. The highest BCUT2D eigenvalue weighted by Crippen LogP contribution is 2.56. The number of amides is 3. The molecule has 0 unspecified atom stereocenters. The second-order valence-corrected chi connectivity index (χ2v) is 9.73. The third kappa shape index (κ3) is 3.87. The summed E-state index contributed by atoms with van der Waals surface area (Å²) < 4.78 is 39.6. The topological polar surface area (TPSA) is 66.5 Å². The first-order valence-electron chi connectivity index (χ1n) is 11.2. The largest absolute Gasteiger partial charge is 0.416 e. The molecule has 1 heterocycles. The van der Waals surface area contributed by atoms with Gasteiger partial charge in [0.2, 0.25) is 17.7 Å². The number of nitrogens with one attached hydrogen (secondary N) is 1. The van der Waals surface area contributed by atoms with Gasteiger partial charge in [0, 0.05) is 6.42 Å². The van der Waals surface area contributed by atoms with Gasteiger partial charge in [-0.25, -0.2) is 0 Å².